The van der Waals surface area contributed by atoms with Crippen LogP contribution in [0.3, 0.4) is 0 Å². The number of amides is 1. The number of nitrogens with one attached hydrogen (secondary N) is 1. The van der Waals surface area contributed by atoms with Crippen LogP contribution in [0.1, 0.15) is 62.1 Å². The van der Waals surface area contributed by atoms with Gasteiger partial charge in [0, 0.05) is 34.4 Å². The smallest absolute Gasteiger partial charge is 0.226 e. The van der Waals surface area contributed by atoms with E-state index in [1.165, 1.54) is 11.1 Å². The molecule has 1 unspecified atom stereocenters. The maximum absolute atomic E-state index is 13.7. The first-order valence-electron chi connectivity index (χ1n) is 12.2. The van der Waals surface area contributed by atoms with Crippen LogP contribution in [0.15, 0.2) is 61.1 Å². The molecule has 34 heavy (non-hydrogen) atoms. The second kappa shape index (κ2) is 8.09. The highest BCUT2D eigenvalue weighted by Crippen LogP contribution is 2.58. The lowest BCUT2D eigenvalue weighted by Gasteiger charge is -2.51. The molecule has 1 aliphatic heterocycles. The Morgan fingerprint density at radius 3 is 2.38 bits per heavy atom. The first kappa shape index (κ1) is 21.6. The molecule has 3 fully saturated rings. The van der Waals surface area contributed by atoms with Crippen LogP contribution < -0.4 is 5.32 Å². The summed E-state index contributed by atoms with van der Waals surface area (Å²) in [7, 11) is 0. The highest BCUT2D eigenvalue weighted by Gasteiger charge is 2.55. The minimum absolute atomic E-state index is 0.0202. The van der Waals surface area contributed by atoms with Crippen LogP contribution >= 0.6 is 11.6 Å². The number of hydrogen-bond acceptors (Lipinski definition) is 3. The predicted molar refractivity (Wildman–Crippen MR) is 131 cm³/mol. The Hall–Kier alpha value is -2.92. The molecule has 1 N–H and O–H groups in total. The molecule has 4 aliphatic rings. The zero-order valence-electron chi connectivity index (χ0n) is 19.1. The van der Waals surface area contributed by atoms with E-state index in [2.05, 4.69) is 27.0 Å². The molecule has 2 bridgehead atoms. The molecule has 7 rings (SSSR count). The van der Waals surface area contributed by atoms with Crippen LogP contribution in [-0.4, -0.2) is 21.2 Å². The van der Waals surface area contributed by atoms with Gasteiger partial charge in [-0.05, 0) is 61.8 Å². The summed E-state index contributed by atoms with van der Waals surface area (Å²) in [6, 6.07) is 15.9. The quantitative estimate of drug-likeness (QED) is 0.497. The molecule has 6 heteroatoms. The minimum Gasteiger partial charge on any atom is -0.352 e. The molecule has 3 aliphatic carbocycles. The number of Topliss-reactive ketones (excluding diaryl/α,β-unsaturated/α-hetero) is 1. The first-order chi connectivity index (χ1) is 16.5. The molecular formula is C28H28ClN3O2. The van der Waals surface area contributed by atoms with Crippen molar-refractivity contribution in [3.8, 4) is 11.3 Å². The van der Waals surface area contributed by atoms with E-state index >= 15 is 0 Å². The third-order valence-corrected chi connectivity index (χ3v) is 8.91. The fourth-order valence-electron chi connectivity index (χ4n) is 6.45. The highest BCUT2D eigenvalue weighted by atomic mass is 35.5. The standard InChI is InChI=1S/C28H28ClN3O2/c29-20-7-5-19(6-8-20)16-31-26(34)28-12-9-27(10-13-28,11-14-28)25(33)15-23-21-3-1-2-4-22(21)24-17-30-18-32(23)24/h1-8,17-18,23H,9-16H2,(H,31,34). The summed E-state index contributed by atoms with van der Waals surface area (Å²) in [4.78, 5) is 31.3. The number of imidazole rings is 1. The summed E-state index contributed by atoms with van der Waals surface area (Å²) in [5.74, 6) is 0.486. The number of carbonyl (C=O) groups excluding carboxylic acids is 2. The Kier molecular flexibility index (Phi) is 5.14. The monoisotopic (exact) mass is 473 g/mol. The number of ketones is 1. The number of rotatable bonds is 6. The van der Waals surface area contributed by atoms with Crippen molar-refractivity contribution in [2.24, 2.45) is 10.8 Å². The number of nitrogens with zero attached hydrogens (tertiary/aromatic N) is 2. The number of benzene rings is 2. The summed E-state index contributed by atoms with van der Waals surface area (Å²) < 4.78 is 2.15. The minimum atomic E-state index is -0.327. The maximum Gasteiger partial charge on any atom is 0.226 e. The van der Waals surface area contributed by atoms with Gasteiger partial charge in [-0.25, -0.2) is 4.98 Å². The Bertz CT molecular complexity index is 1240. The number of halogens is 1. The van der Waals surface area contributed by atoms with Gasteiger partial charge < -0.3 is 9.88 Å². The molecule has 1 atom stereocenters. The van der Waals surface area contributed by atoms with Crippen LogP contribution in [0.25, 0.3) is 11.3 Å². The molecule has 0 saturated heterocycles. The summed E-state index contributed by atoms with van der Waals surface area (Å²) in [5, 5.41) is 3.84. The number of hydrogen-bond donors (Lipinski definition) is 1. The fourth-order valence-corrected chi connectivity index (χ4v) is 6.58. The Morgan fingerprint density at radius 1 is 0.971 bits per heavy atom. The van der Waals surface area contributed by atoms with Gasteiger partial charge in [-0.2, -0.15) is 0 Å². The molecular weight excluding hydrogens is 446 g/mol. The zero-order chi connectivity index (χ0) is 23.3. The van der Waals surface area contributed by atoms with Gasteiger partial charge >= 0.3 is 0 Å². The Labute approximate surface area is 204 Å². The number of fused-ring (bicyclic) bond motifs is 6. The SMILES string of the molecule is O=C(CC1c2ccccc2-c2cncn21)C12CCC(C(=O)NCc3ccc(Cl)cc3)(CC1)CC2. The van der Waals surface area contributed by atoms with Gasteiger partial charge in [-0.3, -0.25) is 9.59 Å². The summed E-state index contributed by atoms with van der Waals surface area (Å²) in [6.45, 7) is 0.510. The third-order valence-electron chi connectivity index (χ3n) is 8.66. The highest BCUT2D eigenvalue weighted by molar-refractivity contribution is 6.30. The van der Waals surface area contributed by atoms with E-state index in [0.717, 1.165) is 49.8 Å². The van der Waals surface area contributed by atoms with Crippen LogP contribution in [0.4, 0.5) is 0 Å². The van der Waals surface area contributed by atoms with Gasteiger partial charge in [0.2, 0.25) is 5.91 Å². The van der Waals surface area contributed by atoms with E-state index in [-0.39, 0.29) is 22.8 Å². The van der Waals surface area contributed by atoms with Gasteiger partial charge in [0.1, 0.15) is 5.78 Å². The van der Waals surface area contributed by atoms with Crippen LogP contribution in [0.5, 0.6) is 0 Å². The maximum atomic E-state index is 13.7. The lowest BCUT2D eigenvalue weighted by atomic mass is 9.51. The largest absolute Gasteiger partial charge is 0.352 e. The van der Waals surface area contributed by atoms with Crippen LogP contribution in [0, 0.1) is 10.8 Å². The van der Waals surface area contributed by atoms with Crippen molar-refractivity contribution in [2.75, 3.05) is 0 Å². The lowest BCUT2D eigenvalue weighted by molar-refractivity contribution is -0.149. The number of carbonyl (C=O) groups is 2. The first-order valence-corrected chi connectivity index (χ1v) is 12.5. The molecule has 1 aromatic heterocycles. The van der Waals surface area contributed by atoms with Crippen molar-refractivity contribution in [3.05, 3.63) is 77.2 Å². The van der Waals surface area contributed by atoms with Crippen molar-refractivity contribution < 1.29 is 9.59 Å². The molecule has 3 saturated carbocycles. The van der Waals surface area contributed by atoms with Crippen molar-refractivity contribution in [1.29, 1.82) is 0 Å². The van der Waals surface area contributed by atoms with Crippen molar-refractivity contribution in [1.82, 2.24) is 14.9 Å². The average Bonchev–Trinajstić information content (AvgIpc) is 3.47. The average molecular weight is 474 g/mol. The second-order valence-electron chi connectivity index (χ2n) is 10.3. The molecule has 5 nitrogen and oxygen atoms in total. The van der Waals surface area contributed by atoms with E-state index in [1.54, 1.807) is 0 Å². The third kappa shape index (κ3) is 3.40. The molecule has 3 aromatic rings. The number of aromatic nitrogens is 2. The van der Waals surface area contributed by atoms with E-state index in [1.807, 2.05) is 48.9 Å². The van der Waals surface area contributed by atoms with E-state index < -0.39 is 0 Å². The van der Waals surface area contributed by atoms with Gasteiger partial charge in [0.05, 0.1) is 24.3 Å². The second-order valence-corrected chi connectivity index (χ2v) is 10.7. The lowest BCUT2D eigenvalue weighted by Crippen LogP contribution is -2.52. The van der Waals surface area contributed by atoms with Crippen LogP contribution in [-0.2, 0) is 16.1 Å². The molecule has 2 aromatic carbocycles. The summed E-state index contributed by atoms with van der Waals surface area (Å²) in [6.07, 6.45) is 9.05. The van der Waals surface area contributed by atoms with Crippen molar-refractivity contribution in [3.63, 3.8) is 0 Å². The van der Waals surface area contributed by atoms with Crippen LogP contribution in [0.2, 0.25) is 5.02 Å². The van der Waals surface area contributed by atoms with Gasteiger partial charge in [0.15, 0.2) is 0 Å². The van der Waals surface area contributed by atoms with E-state index in [9.17, 15) is 9.59 Å². The molecule has 1 amide bonds. The van der Waals surface area contributed by atoms with Gasteiger partial charge in [0.25, 0.3) is 0 Å². The summed E-state index contributed by atoms with van der Waals surface area (Å²) in [5.41, 5.74) is 3.92. The van der Waals surface area contributed by atoms with E-state index in [0.29, 0.717) is 23.8 Å². The van der Waals surface area contributed by atoms with Crippen molar-refractivity contribution in [2.45, 2.75) is 57.5 Å². The molecule has 0 spiro atoms. The summed E-state index contributed by atoms with van der Waals surface area (Å²) >= 11 is 5.96. The van der Waals surface area contributed by atoms with Gasteiger partial charge in [-0.15, -0.1) is 0 Å². The zero-order valence-corrected chi connectivity index (χ0v) is 19.9. The van der Waals surface area contributed by atoms with Crippen molar-refractivity contribution >= 4 is 23.3 Å². The topological polar surface area (TPSA) is 64.0 Å². The Balaban J connectivity index is 1.13. The fraction of sp³-hybridized carbons (Fsp3) is 0.393. The molecule has 174 valence electrons. The normalized spacial score (nSPS) is 26.7. The van der Waals surface area contributed by atoms with E-state index in [4.69, 9.17) is 11.6 Å². The predicted octanol–water partition coefficient (Wildman–Crippen LogP) is 5.72. The van der Waals surface area contributed by atoms with Gasteiger partial charge in [-0.1, -0.05) is 48.0 Å². The molecule has 2 heterocycles. The Morgan fingerprint density at radius 2 is 1.65 bits per heavy atom. The molecule has 0 radical (unpaired) electrons.